The number of benzene rings is 1. The summed E-state index contributed by atoms with van der Waals surface area (Å²) >= 11 is 0. The Kier molecular flexibility index (Phi) is 4.69. The van der Waals surface area contributed by atoms with Crippen molar-refractivity contribution in [3.05, 3.63) is 65.6 Å². The number of nitrogens with zero attached hydrogens (tertiary/aromatic N) is 4. The quantitative estimate of drug-likeness (QED) is 0.398. The maximum absolute atomic E-state index is 14.0. The van der Waals surface area contributed by atoms with Crippen LogP contribution in [-0.2, 0) is 4.74 Å². The number of carbonyl (C=O) groups excluding carboxylic acids is 2. The van der Waals surface area contributed by atoms with Crippen molar-refractivity contribution in [2.24, 2.45) is 0 Å². The standard InChI is InChI=1S/C20H13FN6O3/c1-3-11-6-16(13(7-14(11)21)19(29)30-2)25-18(28)15-4-5-27-17(10-22-20(27)26-15)12-8-23-24-9-12/h1,4-10H,2H3,(H,23,24)(H,25,28). The van der Waals surface area contributed by atoms with Crippen LogP contribution in [0, 0.1) is 18.2 Å². The van der Waals surface area contributed by atoms with Crippen LogP contribution in [0.2, 0.25) is 0 Å². The Morgan fingerprint density at radius 2 is 2.17 bits per heavy atom. The molecule has 3 aromatic heterocycles. The second-order valence-corrected chi connectivity index (χ2v) is 6.08. The molecule has 0 bridgehead atoms. The van der Waals surface area contributed by atoms with E-state index in [4.69, 9.17) is 6.42 Å². The van der Waals surface area contributed by atoms with Crippen LogP contribution < -0.4 is 5.32 Å². The number of anilines is 1. The molecule has 0 atom stereocenters. The summed E-state index contributed by atoms with van der Waals surface area (Å²) in [5, 5.41) is 9.14. The van der Waals surface area contributed by atoms with Gasteiger partial charge >= 0.3 is 5.97 Å². The van der Waals surface area contributed by atoms with Gasteiger partial charge in [-0.15, -0.1) is 6.42 Å². The van der Waals surface area contributed by atoms with Crippen molar-refractivity contribution in [1.82, 2.24) is 24.6 Å². The number of ether oxygens (including phenoxy) is 1. The van der Waals surface area contributed by atoms with Gasteiger partial charge in [-0.1, -0.05) is 5.92 Å². The van der Waals surface area contributed by atoms with Crippen LogP contribution in [0.1, 0.15) is 26.4 Å². The fourth-order valence-corrected chi connectivity index (χ4v) is 2.85. The summed E-state index contributed by atoms with van der Waals surface area (Å²) in [7, 11) is 1.15. The highest BCUT2D eigenvalue weighted by Gasteiger charge is 2.19. The number of aromatic nitrogens is 5. The molecule has 0 aliphatic rings. The third-order valence-corrected chi connectivity index (χ3v) is 4.32. The third kappa shape index (κ3) is 3.24. The lowest BCUT2D eigenvalue weighted by atomic mass is 10.1. The number of amides is 1. The first kappa shape index (κ1) is 18.8. The van der Waals surface area contributed by atoms with Crippen LogP contribution in [0.15, 0.2) is 43.0 Å². The summed E-state index contributed by atoms with van der Waals surface area (Å²) < 4.78 is 20.3. The Bertz CT molecular complexity index is 1320. The Labute approximate surface area is 168 Å². The first-order chi connectivity index (χ1) is 14.5. The average Bonchev–Trinajstić information content (AvgIpc) is 3.43. The Morgan fingerprint density at radius 1 is 1.33 bits per heavy atom. The lowest BCUT2D eigenvalue weighted by Crippen LogP contribution is -2.17. The molecule has 9 nitrogen and oxygen atoms in total. The number of terminal acetylenes is 1. The number of nitrogens with one attached hydrogen (secondary N) is 2. The molecule has 2 N–H and O–H groups in total. The van der Waals surface area contributed by atoms with Gasteiger partial charge in [-0.05, 0) is 18.2 Å². The predicted octanol–water partition coefficient (Wildman–Crippen LogP) is 2.28. The van der Waals surface area contributed by atoms with E-state index in [1.807, 2.05) is 0 Å². The van der Waals surface area contributed by atoms with Gasteiger partial charge in [-0.2, -0.15) is 5.10 Å². The van der Waals surface area contributed by atoms with Crippen molar-refractivity contribution >= 4 is 23.3 Å². The van der Waals surface area contributed by atoms with Gasteiger partial charge in [0.15, 0.2) is 0 Å². The van der Waals surface area contributed by atoms with Gasteiger partial charge in [0, 0.05) is 18.0 Å². The molecular formula is C20H13FN6O3. The van der Waals surface area contributed by atoms with Gasteiger partial charge in [0.1, 0.15) is 11.5 Å². The van der Waals surface area contributed by atoms with E-state index in [1.165, 1.54) is 12.1 Å². The normalized spacial score (nSPS) is 10.6. The van der Waals surface area contributed by atoms with Crippen LogP contribution in [0.4, 0.5) is 10.1 Å². The number of halogens is 1. The number of aromatic amines is 1. The number of hydrogen-bond donors (Lipinski definition) is 2. The summed E-state index contributed by atoms with van der Waals surface area (Å²) in [6, 6.07) is 3.58. The number of methoxy groups -OCH3 is 1. The molecule has 0 saturated heterocycles. The average molecular weight is 404 g/mol. The zero-order valence-corrected chi connectivity index (χ0v) is 15.5. The van der Waals surface area contributed by atoms with Gasteiger partial charge in [-0.25, -0.2) is 19.2 Å². The Morgan fingerprint density at radius 3 is 2.87 bits per heavy atom. The predicted molar refractivity (Wildman–Crippen MR) is 104 cm³/mol. The molecule has 0 saturated carbocycles. The fourth-order valence-electron chi connectivity index (χ4n) is 2.85. The fraction of sp³-hybridized carbons (Fsp3) is 0.0500. The Hall–Kier alpha value is -4.52. The van der Waals surface area contributed by atoms with Crippen molar-refractivity contribution in [3.63, 3.8) is 0 Å². The molecule has 148 valence electrons. The van der Waals surface area contributed by atoms with E-state index in [0.29, 0.717) is 0 Å². The van der Waals surface area contributed by atoms with Crippen molar-refractivity contribution in [3.8, 4) is 23.6 Å². The zero-order chi connectivity index (χ0) is 21.3. The minimum atomic E-state index is -0.825. The molecule has 4 rings (SSSR count). The molecule has 0 fully saturated rings. The third-order valence-electron chi connectivity index (χ3n) is 4.32. The molecule has 0 spiro atoms. The highest BCUT2D eigenvalue weighted by atomic mass is 19.1. The lowest BCUT2D eigenvalue weighted by Gasteiger charge is -2.11. The van der Waals surface area contributed by atoms with Crippen molar-refractivity contribution in [2.75, 3.05) is 12.4 Å². The van der Waals surface area contributed by atoms with Crippen LogP contribution in [-0.4, -0.2) is 43.6 Å². The monoisotopic (exact) mass is 404 g/mol. The number of fused-ring (bicyclic) bond motifs is 1. The van der Waals surface area contributed by atoms with Crippen molar-refractivity contribution < 1.29 is 18.7 Å². The maximum atomic E-state index is 14.0. The van der Waals surface area contributed by atoms with Crippen molar-refractivity contribution in [2.45, 2.75) is 0 Å². The topological polar surface area (TPSA) is 114 Å². The molecule has 0 radical (unpaired) electrons. The number of esters is 1. The van der Waals surface area contributed by atoms with E-state index in [1.54, 1.807) is 29.2 Å². The first-order valence-electron chi connectivity index (χ1n) is 8.55. The van der Waals surface area contributed by atoms with Crippen LogP contribution in [0.5, 0.6) is 0 Å². The van der Waals surface area contributed by atoms with Gasteiger partial charge in [-0.3, -0.25) is 14.3 Å². The van der Waals surface area contributed by atoms with Gasteiger partial charge in [0.05, 0.1) is 42.0 Å². The summed E-state index contributed by atoms with van der Waals surface area (Å²) in [4.78, 5) is 33.1. The van der Waals surface area contributed by atoms with E-state index in [0.717, 1.165) is 24.4 Å². The highest BCUT2D eigenvalue weighted by molar-refractivity contribution is 6.07. The minimum absolute atomic E-state index is 0.00491. The maximum Gasteiger partial charge on any atom is 0.340 e. The molecule has 10 heteroatoms. The molecule has 30 heavy (non-hydrogen) atoms. The van der Waals surface area contributed by atoms with E-state index < -0.39 is 17.7 Å². The smallest absolute Gasteiger partial charge is 0.340 e. The number of carbonyl (C=O) groups is 2. The van der Waals surface area contributed by atoms with E-state index in [2.05, 4.69) is 36.1 Å². The zero-order valence-electron chi connectivity index (χ0n) is 15.5. The molecule has 0 unspecified atom stereocenters. The molecule has 1 aromatic carbocycles. The van der Waals surface area contributed by atoms with Crippen LogP contribution >= 0.6 is 0 Å². The highest BCUT2D eigenvalue weighted by Crippen LogP contribution is 2.23. The van der Waals surface area contributed by atoms with Crippen LogP contribution in [0.25, 0.3) is 17.0 Å². The van der Waals surface area contributed by atoms with Gasteiger partial charge < -0.3 is 10.1 Å². The lowest BCUT2D eigenvalue weighted by molar-refractivity contribution is 0.0601. The van der Waals surface area contributed by atoms with Gasteiger partial charge in [0.2, 0.25) is 5.78 Å². The second-order valence-electron chi connectivity index (χ2n) is 6.08. The second kappa shape index (κ2) is 7.48. The minimum Gasteiger partial charge on any atom is -0.465 e. The van der Waals surface area contributed by atoms with Crippen molar-refractivity contribution in [1.29, 1.82) is 0 Å². The van der Waals surface area contributed by atoms with E-state index >= 15 is 0 Å². The molecule has 4 aromatic rings. The SMILES string of the molecule is C#Cc1cc(NC(=O)c2ccn3c(-c4cn[nH]c4)cnc3n2)c(C(=O)OC)cc1F. The molecule has 0 aliphatic carbocycles. The van der Waals surface area contributed by atoms with E-state index in [9.17, 15) is 14.0 Å². The number of hydrogen-bond acceptors (Lipinski definition) is 6. The van der Waals surface area contributed by atoms with Crippen LogP contribution in [0.3, 0.4) is 0 Å². The first-order valence-corrected chi connectivity index (χ1v) is 8.55. The number of rotatable bonds is 4. The summed E-state index contributed by atoms with van der Waals surface area (Å²) in [5.74, 6) is 0.208. The Balaban J connectivity index is 1.68. The number of imidazole rings is 1. The summed E-state index contributed by atoms with van der Waals surface area (Å²) in [5.41, 5.74) is 1.30. The molecule has 3 heterocycles. The largest absolute Gasteiger partial charge is 0.465 e. The molecule has 1 amide bonds. The molecule has 0 aliphatic heterocycles. The van der Waals surface area contributed by atoms with E-state index in [-0.39, 0.29) is 28.3 Å². The van der Waals surface area contributed by atoms with Gasteiger partial charge in [0.25, 0.3) is 5.91 Å². The summed E-state index contributed by atoms with van der Waals surface area (Å²) in [6.45, 7) is 0. The number of H-pyrrole nitrogens is 1. The molecular weight excluding hydrogens is 391 g/mol. The summed E-state index contributed by atoms with van der Waals surface area (Å²) in [6.07, 6.45) is 11.8.